The first-order valence-corrected chi connectivity index (χ1v) is 7.71. The molecule has 4 nitrogen and oxygen atoms in total. The number of aromatic nitrogens is 2. The molecule has 104 valence electrons. The Labute approximate surface area is 128 Å². The highest BCUT2D eigenvalue weighted by Gasteiger charge is 2.13. The molecular formula is C14H16N4S2. The van der Waals surface area contributed by atoms with Crippen LogP contribution >= 0.6 is 24.0 Å². The molecule has 0 aliphatic heterocycles. The minimum absolute atomic E-state index is 0.323. The van der Waals surface area contributed by atoms with Crippen molar-refractivity contribution < 1.29 is 0 Å². The summed E-state index contributed by atoms with van der Waals surface area (Å²) in [6.07, 6.45) is 2.04. The van der Waals surface area contributed by atoms with Gasteiger partial charge in [-0.25, -0.2) is 0 Å². The Balaban J connectivity index is 2.43. The van der Waals surface area contributed by atoms with E-state index >= 15 is 0 Å². The van der Waals surface area contributed by atoms with Gasteiger partial charge in [0, 0.05) is 10.6 Å². The zero-order chi connectivity index (χ0) is 14.7. The van der Waals surface area contributed by atoms with E-state index in [0.29, 0.717) is 10.8 Å². The van der Waals surface area contributed by atoms with Crippen LogP contribution in [0.5, 0.6) is 0 Å². The topological polar surface area (TPSA) is 63.8 Å². The molecule has 0 amide bonds. The molecule has 0 saturated carbocycles. The quantitative estimate of drug-likeness (QED) is 0.668. The standard InChI is InChI=1S/C14H16N4S2/c1-8-9(2)17-18-14(12(8)13(15)19)16-10-5-4-6-11(7-10)20-3/h4-7H,1-3H3,(H2,15,19)(H,16,18). The van der Waals surface area contributed by atoms with Crippen LogP contribution in [0, 0.1) is 13.8 Å². The van der Waals surface area contributed by atoms with Crippen molar-refractivity contribution in [2.24, 2.45) is 5.73 Å². The summed E-state index contributed by atoms with van der Waals surface area (Å²) in [7, 11) is 0. The van der Waals surface area contributed by atoms with Gasteiger partial charge in [-0.15, -0.1) is 16.9 Å². The van der Waals surface area contributed by atoms with Crippen LogP contribution in [0.4, 0.5) is 11.5 Å². The molecule has 0 aliphatic rings. The van der Waals surface area contributed by atoms with Crippen molar-refractivity contribution >= 4 is 40.5 Å². The van der Waals surface area contributed by atoms with Crippen molar-refractivity contribution in [2.45, 2.75) is 18.7 Å². The lowest BCUT2D eigenvalue weighted by Gasteiger charge is -2.13. The molecule has 3 N–H and O–H groups in total. The summed E-state index contributed by atoms with van der Waals surface area (Å²) in [6.45, 7) is 3.84. The molecule has 1 aromatic heterocycles. The Morgan fingerprint density at radius 2 is 2.05 bits per heavy atom. The average molecular weight is 304 g/mol. The third kappa shape index (κ3) is 3.08. The van der Waals surface area contributed by atoms with E-state index in [1.54, 1.807) is 11.8 Å². The predicted molar refractivity (Wildman–Crippen MR) is 88.9 cm³/mol. The Bertz CT molecular complexity index is 656. The van der Waals surface area contributed by atoms with Gasteiger partial charge in [-0.2, -0.15) is 5.10 Å². The van der Waals surface area contributed by atoms with Crippen molar-refractivity contribution in [1.29, 1.82) is 0 Å². The maximum atomic E-state index is 5.81. The number of benzene rings is 1. The van der Waals surface area contributed by atoms with Crippen LogP contribution in [-0.2, 0) is 0 Å². The highest BCUT2D eigenvalue weighted by Crippen LogP contribution is 2.25. The summed E-state index contributed by atoms with van der Waals surface area (Å²) in [5.41, 5.74) is 9.29. The second-order valence-corrected chi connectivity index (χ2v) is 5.67. The number of nitrogens with zero attached hydrogens (tertiary/aromatic N) is 2. The van der Waals surface area contributed by atoms with Crippen molar-refractivity contribution in [3.63, 3.8) is 0 Å². The average Bonchev–Trinajstić information content (AvgIpc) is 2.43. The molecule has 2 rings (SSSR count). The van der Waals surface area contributed by atoms with E-state index in [2.05, 4.69) is 21.6 Å². The lowest BCUT2D eigenvalue weighted by atomic mass is 10.1. The number of hydrogen-bond donors (Lipinski definition) is 2. The molecule has 0 aliphatic carbocycles. The third-order valence-corrected chi connectivity index (χ3v) is 3.96. The second kappa shape index (κ2) is 6.19. The highest BCUT2D eigenvalue weighted by molar-refractivity contribution is 7.98. The van der Waals surface area contributed by atoms with Crippen molar-refractivity contribution in [1.82, 2.24) is 10.2 Å². The van der Waals surface area contributed by atoms with E-state index in [1.807, 2.05) is 38.3 Å². The summed E-state index contributed by atoms with van der Waals surface area (Å²) in [4.78, 5) is 1.49. The summed E-state index contributed by atoms with van der Waals surface area (Å²) in [6, 6.07) is 8.06. The molecule has 2 aromatic rings. The van der Waals surface area contributed by atoms with E-state index in [-0.39, 0.29) is 0 Å². The summed E-state index contributed by atoms with van der Waals surface area (Å²) in [5.74, 6) is 0.596. The van der Waals surface area contributed by atoms with Gasteiger partial charge >= 0.3 is 0 Å². The Morgan fingerprint density at radius 1 is 1.30 bits per heavy atom. The lowest BCUT2D eigenvalue weighted by Crippen LogP contribution is -2.16. The largest absolute Gasteiger partial charge is 0.389 e. The molecule has 0 saturated heterocycles. The van der Waals surface area contributed by atoms with Crippen LogP contribution in [0.2, 0.25) is 0 Å². The fraction of sp³-hybridized carbons (Fsp3) is 0.214. The number of hydrogen-bond acceptors (Lipinski definition) is 5. The zero-order valence-electron chi connectivity index (χ0n) is 11.6. The number of aryl methyl sites for hydroxylation is 1. The molecule has 1 aromatic carbocycles. The van der Waals surface area contributed by atoms with E-state index in [0.717, 1.165) is 22.5 Å². The fourth-order valence-electron chi connectivity index (χ4n) is 1.84. The van der Waals surface area contributed by atoms with Crippen LogP contribution in [0.1, 0.15) is 16.8 Å². The molecule has 0 fully saturated rings. The molecule has 0 radical (unpaired) electrons. The minimum Gasteiger partial charge on any atom is -0.389 e. The van der Waals surface area contributed by atoms with Gasteiger partial charge in [0.15, 0.2) is 5.82 Å². The minimum atomic E-state index is 0.323. The van der Waals surface area contributed by atoms with Crippen LogP contribution in [-0.4, -0.2) is 21.4 Å². The van der Waals surface area contributed by atoms with Crippen LogP contribution in [0.3, 0.4) is 0 Å². The van der Waals surface area contributed by atoms with E-state index < -0.39 is 0 Å². The Kier molecular flexibility index (Phi) is 4.57. The number of nitrogens with two attached hydrogens (primary N) is 1. The van der Waals surface area contributed by atoms with Gasteiger partial charge in [-0.05, 0) is 43.9 Å². The van der Waals surface area contributed by atoms with E-state index in [4.69, 9.17) is 18.0 Å². The summed E-state index contributed by atoms with van der Waals surface area (Å²) < 4.78 is 0. The molecule has 1 heterocycles. The molecule has 6 heteroatoms. The smallest absolute Gasteiger partial charge is 0.163 e. The van der Waals surface area contributed by atoms with Crippen LogP contribution in [0.15, 0.2) is 29.2 Å². The van der Waals surface area contributed by atoms with Gasteiger partial charge in [0.1, 0.15) is 4.99 Å². The van der Waals surface area contributed by atoms with E-state index in [1.165, 1.54) is 4.90 Å². The second-order valence-electron chi connectivity index (χ2n) is 4.36. The molecule has 20 heavy (non-hydrogen) atoms. The normalized spacial score (nSPS) is 10.3. The first-order valence-electron chi connectivity index (χ1n) is 6.07. The van der Waals surface area contributed by atoms with Gasteiger partial charge in [-0.1, -0.05) is 18.3 Å². The van der Waals surface area contributed by atoms with Gasteiger partial charge in [0.2, 0.25) is 0 Å². The number of anilines is 2. The maximum Gasteiger partial charge on any atom is 0.163 e. The van der Waals surface area contributed by atoms with Crippen molar-refractivity contribution in [3.8, 4) is 0 Å². The maximum absolute atomic E-state index is 5.81. The molecule has 0 unspecified atom stereocenters. The number of nitrogens with one attached hydrogen (secondary N) is 1. The van der Waals surface area contributed by atoms with E-state index in [9.17, 15) is 0 Å². The van der Waals surface area contributed by atoms with Gasteiger partial charge in [0.05, 0.1) is 11.3 Å². The number of rotatable bonds is 4. The Morgan fingerprint density at radius 3 is 2.70 bits per heavy atom. The molecule has 0 bridgehead atoms. The van der Waals surface area contributed by atoms with Gasteiger partial charge in [0.25, 0.3) is 0 Å². The SMILES string of the molecule is CSc1cccc(Nc2nnc(C)c(C)c2C(N)=S)c1. The van der Waals surface area contributed by atoms with Crippen molar-refractivity contribution in [3.05, 3.63) is 41.1 Å². The first kappa shape index (κ1) is 14.7. The third-order valence-electron chi connectivity index (χ3n) is 3.03. The summed E-state index contributed by atoms with van der Waals surface area (Å²) in [5, 5.41) is 11.5. The summed E-state index contributed by atoms with van der Waals surface area (Å²) >= 11 is 6.81. The van der Waals surface area contributed by atoms with Crippen LogP contribution in [0.25, 0.3) is 0 Å². The van der Waals surface area contributed by atoms with Gasteiger partial charge < -0.3 is 11.1 Å². The zero-order valence-corrected chi connectivity index (χ0v) is 13.2. The number of thioether (sulfide) groups is 1. The number of thiocarbonyl (C=S) groups is 1. The molecule has 0 spiro atoms. The van der Waals surface area contributed by atoms with Crippen molar-refractivity contribution in [2.75, 3.05) is 11.6 Å². The molecular weight excluding hydrogens is 288 g/mol. The first-order chi connectivity index (χ1) is 9.52. The predicted octanol–water partition coefficient (Wildman–Crippen LogP) is 3.19. The van der Waals surface area contributed by atoms with Gasteiger partial charge in [-0.3, -0.25) is 0 Å². The fourth-order valence-corrected chi connectivity index (χ4v) is 2.54. The Hall–Kier alpha value is -1.66. The molecule has 0 atom stereocenters. The lowest BCUT2D eigenvalue weighted by molar-refractivity contribution is 0.963. The van der Waals surface area contributed by atoms with Crippen LogP contribution < -0.4 is 11.1 Å². The monoisotopic (exact) mass is 304 g/mol. The highest BCUT2D eigenvalue weighted by atomic mass is 32.2.